The molecule has 0 saturated heterocycles. The molecule has 3 aromatic rings. The lowest BCUT2D eigenvalue weighted by Gasteiger charge is -2.17. The van der Waals surface area contributed by atoms with Gasteiger partial charge < -0.3 is 5.32 Å². The van der Waals surface area contributed by atoms with Crippen molar-refractivity contribution in [2.45, 2.75) is 19.4 Å². The van der Waals surface area contributed by atoms with Crippen LogP contribution in [0.5, 0.6) is 0 Å². The molecule has 0 saturated carbocycles. The van der Waals surface area contributed by atoms with Crippen LogP contribution in [0, 0.1) is 0 Å². The first kappa shape index (κ1) is 14.6. The van der Waals surface area contributed by atoms with Crippen LogP contribution in [-0.2, 0) is 13.5 Å². The number of thiophene rings is 2. The molecule has 3 heterocycles. The summed E-state index contributed by atoms with van der Waals surface area (Å²) >= 11 is 9.47. The van der Waals surface area contributed by atoms with E-state index in [2.05, 4.69) is 40.9 Å². The van der Waals surface area contributed by atoms with Crippen LogP contribution in [0.3, 0.4) is 0 Å². The summed E-state index contributed by atoms with van der Waals surface area (Å²) in [6, 6.07) is 8.39. The maximum atomic E-state index is 6.11. The third kappa shape index (κ3) is 3.15. The molecule has 0 spiro atoms. The molecule has 0 bridgehead atoms. The van der Waals surface area contributed by atoms with Gasteiger partial charge in [-0.15, -0.1) is 22.7 Å². The van der Waals surface area contributed by atoms with Gasteiger partial charge in [0.1, 0.15) is 0 Å². The summed E-state index contributed by atoms with van der Waals surface area (Å²) in [6.07, 6.45) is 2.94. The van der Waals surface area contributed by atoms with Gasteiger partial charge in [-0.1, -0.05) is 24.6 Å². The minimum atomic E-state index is 0.122. The summed E-state index contributed by atoms with van der Waals surface area (Å²) < 4.78 is 2.67. The molecule has 3 aromatic heterocycles. The number of halogens is 1. The Morgan fingerprint density at radius 2 is 2.19 bits per heavy atom. The fraction of sp³-hybridized carbons (Fsp3) is 0.267. The molecule has 1 atom stereocenters. The highest BCUT2D eigenvalue weighted by atomic mass is 35.5. The first-order chi connectivity index (χ1) is 10.2. The highest BCUT2D eigenvalue weighted by Gasteiger charge is 2.19. The number of hydrogen-bond acceptors (Lipinski definition) is 4. The van der Waals surface area contributed by atoms with Crippen LogP contribution < -0.4 is 5.32 Å². The zero-order chi connectivity index (χ0) is 14.8. The van der Waals surface area contributed by atoms with Gasteiger partial charge in [-0.3, -0.25) is 4.68 Å². The number of nitrogens with one attached hydrogen (secondary N) is 1. The second kappa shape index (κ2) is 6.22. The van der Waals surface area contributed by atoms with E-state index in [1.165, 1.54) is 9.75 Å². The molecule has 0 radical (unpaired) electrons. The van der Waals surface area contributed by atoms with Crippen molar-refractivity contribution in [1.29, 1.82) is 0 Å². The number of rotatable bonds is 5. The molecule has 0 amide bonds. The molecule has 110 valence electrons. The second-order valence-corrected chi connectivity index (χ2v) is 7.48. The number of nitrogens with zero attached hydrogens (tertiary/aromatic N) is 2. The average Bonchev–Trinajstić information content (AvgIpc) is 3.17. The Morgan fingerprint density at radius 3 is 2.81 bits per heavy atom. The van der Waals surface area contributed by atoms with Gasteiger partial charge in [0.2, 0.25) is 0 Å². The van der Waals surface area contributed by atoms with Crippen LogP contribution in [-0.4, -0.2) is 9.78 Å². The third-order valence-corrected chi connectivity index (χ3v) is 5.48. The highest BCUT2D eigenvalue weighted by Crippen LogP contribution is 2.36. The molecule has 21 heavy (non-hydrogen) atoms. The number of aryl methyl sites for hydroxylation is 2. The normalized spacial score (nSPS) is 12.5. The predicted molar refractivity (Wildman–Crippen MR) is 91.7 cm³/mol. The van der Waals surface area contributed by atoms with Crippen molar-refractivity contribution in [3.8, 4) is 0 Å². The van der Waals surface area contributed by atoms with E-state index in [1.807, 2.05) is 24.0 Å². The lowest BCUT2D eigenvalue weighted by atomic mass is 10.2. The van der Waals surface area contributed by atoms with E-state index in [-0.39, 0.29) is 6.04 Å². The lowest BCUT2D eigenvalue weighted by Crippen LogP contribution is -2.10. The van der Waals surface area contributed by atoms with Crippen LogP contribution in [0.25, 0.3) is 0 Å². The monoisotopic (exact) mass is 337 g/mol. The van der Waals surface area contributed by atoms with E-state index < -0.39 is 0 Å². The molecule has 0 fully saturated rings. The van der Waals surface area contributed by atoms with E-state index in [1.54, 1.807) is 22.7 Å². The molecule has 0 aliphatic carbocycles. The summed E-state index contributed by atoms with van der Waals surface area (Å²) in [5, 5.41) is 10.2. The zero-order valence-corrected chi connectivity index (χ0v) is 14.2. The summed E-state index contributed by atoms with van der Waals surface area (Å²) in [4.78, 5) is 2.49. The van der Waals surface area contributed by atoms with E-state index in [4.69, 9.17) is 11.6 Å². The van der Waals surface area contributed by atoms with Crippen LogP contribution in [0.2, 0.25) is 4.34 Å². The molecule has 6 heteroatoms. The Bertz CT molecular complexity index is 715. The van der Waals surface area contributed by atoms with E-state index in [9.17, 15) is 0 Å². The second-order valence-electron chi connectivity index (χ2n) is 4.75. The van der Waals surface area contributed by atoms with E-state index in [0.29, 0.717) is 0 Å². The van der Waals surface area contributed by atoms with Crippen molar-refractivity contribution in [2.24, 2.45) is 7.05 Å². The van der Waals surface area contributed by atoms with Gasteiger partial charge in [0, 0.05) is 23.0 Å². The quantitative estimate of drug-likeness (QED) is 0.713. The minimum Gasteiger partial charge on any atom is -0.370 e. The van der Waals surface area contributed by atoms with Crippen LogP contribution in [0.4, 0.5) is 5.69 Å². The maximum absolute atomic E-state index is 6.11. The van der Waals surface area contributed by atoms with Crippen molar-refractivity contribution in [1.82, 2.24) is 9.78 Å². The summed E-state index contributed by atoms with van der Waals surface area (Å²) in [7, 11) is 1.95. The summed E-state index contributed by atoms with van der Waals surface area (Å²) in [6.45, 7) is 2.12. The number of aromatic nitrogens is 2. The Morgan fingerprint density at radius 1 is 1.33 bits per heavy atom. The molecule has 0 aromatic carbocycles. The Hall–Kier alpha value is -1.30. The lowest BCUT2D eigenvalue weighted by molar-refractivity contribution is 0.746. The first-order valence-electron chi connectivity index (χ1n) is 6.75. The Kier molecular flexibility index (Phi) is 4.33. The Labute approximate surface area is 137 Å². The molecule has 0 aliphatic heterocycles. The van der Waals surface area contributed by atoms with Gasteiger partial charge in [-0.2, -0.15) is 5.10 Å². The van der Waals surface area contributed by atoms with Gasteiger partial charge in [0.25, 0.3) is 0 Å². The van der Waals surface area contributed by atoms with Crippen LogP contribution in [0.15, 0.2) is 35.8 Å². The predicted octanol–water partition coefficient (Wildman–Crippen LogP) is 4.96. The zero-order valence-electron chi connectivity index (χ0n) is 11.8. The van der Waals surface area contributed by atoms with Gasteiger partial charge in [-0.05, 0) is 30.0 Å². The highest BCUT2D eigenvalue weighted by molar-refractivity contribution is 7.16. The average molecular weight is 338 g/mol. The van der Waals surface area contributed by atoms with Gasteiger partial charge >= 0.3 is 0 Å². The van der Waals surface area contributed by atoms with Crippen LogP contribution in [0.1, 0.15) is 28.4 Å². The van der Waals surface area contributed by atoms with Gasteiger partial charge in [-0.25, -0.2) is 0 Å². The molecule has 1 unspecified atom stereocenters. The number of anilines is 1. The van der Waals surface area contributed by atoms with Gasteiger partial charge in [0.05, 0.1) is 21.8 Å². The van der Waals surface area contributed by atoms with Crippen molar-refractivity contribution >= 4 is 40.0 Å². The minimum absolute atomic E-state index is 0.122. The van der Waals surface area contributed by atoms with E-state index in [0.717, 1.165) is 22.1 Å². The third-order valence-electron chi connectivity index (χ3n) is 3.25. The fourth-order valence-electron chi connectivity index (χ4n) is 2.29. The molecule has 3 rings (SSSR count). The molecular formula is C15H16ClN3S2. The van der Waals surface area contributed by atoms with Crippen molar-refractivity contribution in [3.05, 3.63) is 55.6 Å². The number of hydrogen-bond donors (Lipinski definition) is 1. The maximum Gasteiger partial charge on any atom is 0.0955 e. The van der Waals surface area contributed by atoms with Gasteiger partial charge in [0.15, 0.2) is 0 Å². The fourth-order valence-corrected chi connectivity index (χ4v) is 4.29. The standard InChI is InChI=1S/C15H16ClN3S2/c1-3-10-11(9-19(2)18-10)17-15(12-5-4-8-20-12)13-6-7-14(16)21-13/h4-9,15,17H,3H2,1-2H3. The molecule has 0 aliphatic rings. The van der Waals surface area contributed by atoms with E-state index >= 15 is 0 Å². The van der Waals surface area contributed by atoms with Crippen molar-refractivity contribution in [3.63, 3.8) is 0 Å². The Balaban J connectivity index is 1.96. The van der Waals surface area contributed by atoms with Crippen LogP contribution >= 0.6 is 34.3 Å². The molecular weight excluding hydrogens is 322 g/mol. The van der Waals surface area contributed by atoms with Crippen molar-refractivity contribution in [2.75, 3.05) is 5.32 Å². The first-order valence-corrected chi connectivity index (χ1v) is 8.82. The molecule has 1 N–H and O–H groups in total. The topological polar surface area (TPSA) is 29.9 Å². The smallest absolute Gasteiger partial charge is 0.0955 e. The van der Waals surface area contributed by atoms with Crippen molar-refractivity contribution < 1.29 is 0 Å². The summed E-state index contributed by atoms with van der Waals surface area (Å²) in [5.74, 6) is 0. The largest absolute Gasteiger partial charge is 0.370 e. The summed E-state index contributed by atoms with van der Waals surface area (Å²) in [5.41, 5.74) is 2.17. The SMILES string of the molecule is CCc1nn(C)cc1NC(c1cccs1)c1ccc(Cl)s1. The molecule has 3 nitrogen and oxygen atoms in total.